The van der Waals surface area contributed by atoms with Gasteiger partial charge < -0.3 is 5.73 Å². The van der Waals surface area contributed by atoms with E-state index in [1.807, 2.05) is 6.07 Å². The van der Waals surface area contributed by atoms with Crippen LogP contribution in [0.2, 0.25) is 0 Å². The van der Waals surface area contributed by atoms with Crippen LogP contribution in [0.5, 0.6) is 0 Å². The van der Waals surface area contributed by atoms with Gasteiger partial charge in [0.2, 0.25) is 0 Å². The first kappa shape index (κ1) is 11.6. The van der Waals surface area contributed by atoms with Gasteiger partial charge in [-0.2, -0.15) is 0 Å². The summed E-state index contributed by atoms with van der Waals surface area (Å²) < 4.78 is 24.1. The number of rotatable bonds is 3. The number of hydrogen-bond donors (Lipinski definition) is 1. The SMILES string of the molecule is NC1CCC(CS(=O)(=O)c2ccccc2)C1. The highest BCUT2D eigenvalue weighted by molar-refractivity contribution is 7.91. The Bertz CT molecular complexity index is 441. The second-order valence-electron chi connectivity index (χ2n) is 4.53. The number of sulfone groups is 1. The van der Waals surface area contributed by atoms with Crippen molar-refractivity contribution >= 4 is 9.84 Å². The van der Waals surface area contributed by atoms with Gasteiger partial charge in [-0.05, 0) is 37.3 Å². The predicted molar refractivity (Wildman–Crippen MR) is 63.8 cm³/mol. The molecule has 0 radical (unpaired) electrons. The third-order valence-electron chi connectivity index (χ3n) is 3.14. The summed E-state index contributed by atoms with van der Waals surface area (Å²) in [5.74, 6) is 0.477. The third kappa shape index (κ3) is 2.62. The second kappa shape index (κ2) is 4.55. The van der Waals surface area contributed by atoms with Crippen molar-refractivity contribution in [2.24, 2.45) is 11.7 Å². The van der Waals surface area contributed by atoms with Crippen LogP contribution >= 0.6 is 0 Å². The minimum atomic E-state index is -3.12. The largest absolute Gasteiger partial charge is 0.328 e. The van der Waals surface area contributed by atoms with Crippen LogP contribution < -0.4 is 5.73 Å². The predicted octanol–water partition coefficient (Wildman–Crippen LogP) is 1.59. The van der Waals surface area contributed by atoms with Crippen LogP contribution in [0.1, 0.15) is 19.3 Å². The summed E-state index contributed by atoms with van der Waals surface area (Å²) in [6.45, 7) is 0. The molecule has 1 aliphatic rings. The van der Waals surface area contributed by atoms with Crippen molar-refractivity contribution in [3.63, 3.8) is 0 Å². The molecule has 0 bridgehead atoms. The highest BCUT2D eigenvalue weighted by atomic mass is 32.2. The van der Waals surface area contributed by atoms with E-state index in [-0.39, 0.29) is 17.7 Å². The average molecular weight is 239 g/mol. The van der Waals surface area contributed by atoms with Gasteiger partial charge in [-0.3, -0.25) is 0 Å². The highest BCUT2D eigenvalue weighted by Crippen LogP contribution is 2.27. The van der Waals surface area contributed by atoms with Crippen LogP contribution in [-0.4, -0.2) is 20.2 Å². The Labute approximate surface area is 96.6 Å². The number of hydrogen-bond acceptors (Lipinski definition) is 3. The molecule has 0 aliphatic heterocycles. The minimum Gasteiger partial charge on any atom is -0.328 e. The highest BCUT2D eigenvalue weighted by Gasteiger charge is 2.27. The van der Waals surface area contributed by atoms with Crippen LogP contribution in [0.25, 0.3) is 0 Å². The number of nitrogens with two attached hydrogens (primary N) is 1. The summed E-state index contributed by atoms with van der Waals surface area (Å²) >= 11 is 0. The first-order valence-corrected chi connectivity index (χ1v) is 7.26. The lowest BCUT2D eigenvalue weighted by molar-refractivity contribution is 0.553. The lowest BCUT2D eigenvalue weighted by Crippen LogP contribution is -2.18. The van der Waals surface area contributed by atoms with Gasteiger partial charge in [0.05, 0.1) is 10.6 Å². The van der Waals surface area contributed by atoms with Gasteiger partial charge in [-0.1, -0.05) is 18.2 Å². The molecular formula is C12H17NO2S. The average Bonchev–Trinajstić information content (AvgIpc) is 2.64. The van der Waals surface area contributed by atoms with Gasteiger partial charge in [0, 0.05) is 6.04 Å². The van der Waals surface area contributed by atoms with Crippen LogP contribution in [0.3, 0.4) is 0 Å². The molecule has 2 rings (SSSR count). The molecule has 1 aliphatic carbocycles. The summed E-state index contributed by atoms with van der Waals surface area (Å²) in [4.78, 5) is 0.426. The van der Waals surface area contributed by atoms with E-state index in [2.05, 4.69) is 0 Å². The summed E-state index contributed by atoms with van der Waals surface area (Å²) in [6, 6.07) is 8.84. The van der Waals surface area contributed by atoms with Crippen molar-refractivity contribution in [3.05, 3.63) is 30.3 Å². The Balaban J connectivity index is 2.09. The Hall–Kier alpha value is -0.870. The summed E-state index contributed by atoms with van der Waals surface area (Å²) in [5, 5.41) is 0. The molecule has 88 valence electrons. The van der Waals surface area contributed by atoms with Crippen LogP contribution in [-0.2, 0) is 9.84 Å². The second-order valence-corrected chi connectivity index (χ2v) is 6.57. The molecule has 1 aromatic rings. The molecule has 1 saturated carbocycles. The van der Waals surface area contributed by atoms with Gasteiger partial charge >= 0.3 is 0 Å². The van der Waals surface area contributed by atoms with E-state index < -0.39 is 9.84 Å². The Morgan fingerprint density at radius 2 is 1.88 bits per heavy atom. The molecule has 2 atom stereocenters. The fourth-order valence-electron chi connectivity index (χ4n) is 2.30. The van der Waals surface area contributed by atoms with E-state index in [0.717, 1.165) is 19.3 Å². The maximum absolute atomic E-state index is 12.1. The first-order valence-electron chi connectivity index (χ1n) is 5.61. The zero-order chi connectivity index (χ0) is 11.6. The molecule has 1 fully saturated rings. The molecule has 0 heterocycles. The van der Waals surface area contributed by atoms with Crippen LogP contribution in [0.15, 0.2) is 35.2 Å². The monoisotopic (exact) mass is 239 g/mol. The third-order valence-corrected chi connectivity index (χ3v) is 5.04. The van der Waals surface area contributed by atoms with Gasteiger partial charge in [0.25, 0.3) is 0 Å². The zero-order valence-electron chi connectivity index (χ0n) is 9.17. The topological polar surface area (TPSA) is 60.2 Å². The summed E-state index contributed by atoms with van der Waals surface area (Å²) in [5.41, 5.74) is 5.79. The van der Waals surface area contributed by atoms with Gasteiger partial charge in [0.15, 0.2) is 9.84 Å². The molecule has 0 saturated heterocycles. The van der Waals surface area contributed by atoms with E-state index in [1.165, 1.54) is 0 Å². The van der Waals surface area contributed by atoms with Crippen LogP contribution in [0, 0.1) is 5.92 Å². The van der Waals surface area contributed by atoms with E-state index in [0.29, 0.717) is 4.90 Å². The maximum atomic E-state index is 12.1. The fraction of sp³-hybridized carbons (Fsp3) is 0.500. The first-order chi connectivity index (χ1) is 7.58. The molecule has 1 aromatic carbocycles. The number of benzene rings is 1. The molecule has 0 amide bonds. The molecular weight excluding hydrogens is 222 g/mol. The van der Waals surface area contributed by atoms with E-state index in [4.69, 9.17) is 5.73 Å². The normalized spacial score (nSPS) is 25.8. The van der Waals surface area contributed by atoms with E-state index in [1.54, 1.807) is 24.3 Å². The molecule has 0 aromatic heterocycles. The minimum absolute atomic E-state index is 0.191. The molecule has 16 heavy (non-hydrogen) atoms. The zero-order valence-corrected chi connectivity index (χ0v) is 9.99. The maximum Gasteiger partial charge on any atom is 0.178 e. The lowest BCUT2D eigenvalue weighted by Gasteiger charge is -2.10. The van der Waals surface area contributed by atoms with Gasteiger partial charge in [0.1, 0.15) is 0 Å². The van der Waals surface area contributed by atoms with Gasteiger partial charge in [-0.15, -0.1) is 0 Å². The smallest absolute Gasteiger partial charge is 0.178 e. The van der Waals surface area contributed by atoms with E-state index >= 15 is 0 Å². The van der Waals surface area contributed by atoms with Crippen molar-refractivity contribution in [1.29, 1.82) is 0 Å². The van der Waals surface area contributed by atoms with Crippen LogP contribution in [0.4, 0.5) is 0 Å². The molecule has 2 N–H and O–H groups in total. The van der Waals surface area contributed by atoms with Crippen molar-refractivity contribution in [2.45, 2.75) is 30.2 Å². The Morgan fingerprint density at radius 1 is 1.19 bits per heavy atom. The molecule has 4 heteroatoms. The molecule has 3 nitrogen and oxygen atoms in total. The van der Waals surface area contributed by atoms with Gasteiger partial charge in [-0.25, -0.2) is 8.42 Å². The van der Waals surface area contributed by atoms with Crippen molar-refractivity contribution in [1.82, 2.24) is 0 Å². The Kier molecular flexibility index (Phi) is 3.30. The van der Waals surface area contributed by atoms with Crippen molar-refractivity contribution < 1.29 is 8.42 Å². The summed E-state index contributed by atoms with van der Waals surface area (Å²) in [7, 11) is -3.12. The standard InChI is InChI=1S/C12H17NO2S/c13-11-7-6-10(8-11)9-16(14,15)12-4-2-1-3-5-12/h1-5,10-11H,6-9,13H2. The van der Waals surface area contributed by atoms with Crippen molar-refractivity contribution in [2.75, 3.05) is 5.75 Å². The fourth-order valence-corrected chi connectivity index (χ4v) is 3.99. The molecule has 2 unspecified atom stereocenters. The van der Waals surface area contributed by atoms with Crippen molar-refractivity contribution in [3.8, 4) is 0 Å². The van der Waals surface area contributed by atoms with E-state index in [9.17, 15) is 8.42 Å². The Morgan fingerprint density at radius 3 is 2.44 bits per heavy atom. The lowest BCUT2D eigenvalue weighted by atomic mass is 10.1. The molecule has 0 spiro atoms. The summed E-state index contributed by atoms with van der Waals surface area (Å²) in [6.07, 6.45) is 2.73. The quantitative estimate of drug-likeness (QED) is 0.871.